The monoisotopic (exact) mass is 417 g/mol. The maximum atomic E-state index is 11.1. The molecule has 1 heterocycles. The third-order valence-electron chi connectivity index (χ3n) is 6.93. The van der Waals surface area contributed by atoms with E-state index in [1.807, 2.05) is 35.4 Å². The van der Waals surface area contributed by atoms with Gasteiger partial charge in [-0.05, 0) is 54.9 Å². The smallest absolute Gasteiger partial charge is 0.131 e. The van der Waals surface area contributed by atoms with Gasteiger partial charge in [-0.15, -0.1) is 0 Å². The van der Waals surface area contributed by atoms with Gasteiger partial charge >= 0.3 is 0 Å². The van der Waals surface area contributed by atoms with Crippen molar-refractivity contribution in [2.45, 2.75) is 51.0 Å². The van der Waals surface area contributed by atoms with Crippen LogP contribution in [0.3, 0.4) is 0 Å². The molecule has 1 aliphatic heterocycles. The van der Waals surface area contributed by atoms with Gasteiger partial charge in [0.05, 0.1) is 18.3 Å². The number of para-hydroxylation sites is 1. The van der Waals surface area contributed by atoms with Crippen molar-refractivity contribution in [1.29, 1.82) is 5.41 Å². The van der Waals surface area contributed by atoms with Crippen molar-refractivity contribution in [3.8, 4) is 0 Å². The summed E-state index contributed by atoms with van der Waals surface area (Å²) < 4.78 is 0. The predicted octanol–water partition coefficient (Wildman–Crippen LogP) is 5.51. The molecule has 0 saturated heterocycles. The lowest BCUT2D eigenvalue weighted by Gasteiger charge is -2.45. The Morgan fingerprint density at radius 2 is 1.94 bits per heavy atom. The van der Waals surface area contributed by atoms with Crippen LogP contribution >= 0.6 is 0 Å². The lowest BCUT2D eigenvalue weighted by atomic mass is 9.83. The van der Waals surface area contributed by atoms with Crippen molar-refractivity contribution < 1.29 is 0 Å². The van der Waals surface area contributed by atoms with Crippen LogP contribution in [-0.2, 0) is 0 Å². The van der Waals surface area contributed by atoms with E-state index >= 15 is 0 Å². The number of hydrogen-bond acceptors (Lipinski definition) is 6. The molecule has 3 aliphatic rings. The molecule has 1 unspecified atom stereocenters. The third-order valence-corrected chi connectivity index (χ3v) is 6.93. The SMILES string of the molecule is C=Cc1ccccc1N1C(=C)C(C=N)=C2CCCC2=C1N(N)C1CCCC[C@@H]1CN=O. The first-order valence-corrected chi connectivity index (χ1v) is 11.1. The van der Waals surface area contributed by atoms with Crippen LogP contribution in [0, 0.1) is 16.2 Å². The highest BCUT2D eigenvalue weighted by Crippen LogP contribution is 2.46. The van der Waals surface area contributed by atoms with Crippen LogP contribution in [0.1, 0.15) is 50.5 Å². The van der Waals surface area contributed by atoms with Crippen LogP contribution in [0.15, 0.2) is 70.8 Å². The van der Waals surface area contributed by atoms with Crippen LogP contribution in [0.2, 0.25) is 0 Å². The molecule has 1 aromatic carbocycles. The third kappa shape index (κ3) is 3.65. The molecule has 0 amide bonds. The molecule has 1 aromatic rings. The summed E-state index contributed by atoms with van der Waals surface area (Å²) in [6.45, 7) is 8.67. The molecule has 0 radical (unpaired) electrons. The standard InChI is InChI=1S/C25H31N5O/c1-3-18-9-4-6-13-23(18)29-17(2)22(15-26)20-11-8-12-21(20)25(29)30(27)24-14-7-5-10-19(24)16-28-31/h3-4,6,9,13,15,19,24,26H,1-2,5,7-8,10-12,14,16,27H2/t19-,24?/m1/s1. The van der Waals surface area contributed by atoms with E-state index in [4.69, 9.17) is 11.3 Å². The summed E-state index contributed by atoms with van der Waals surface area (Å²) in [4.78, 5) is 13.2. The number of fused-ring (bicyclic) bond motifs is 1. The zero-order valence-corrected chi connectivity index (χ0v) is 18.0. The molecule has 2 atom stereocenters. The van der Waals surface area contributed by atoms with Crippen molar-refractivity contribution in [3.05, 3.63) is 76.1 Å². The fraction of sp³-hybridized carbons (Fsp3) is 0.400. The van der Waals surface area contributed by atoms with E-state index in [0.29, 0.717) is 6.54 Å². The molecule has 6 heteroatoms. The molecule has 2 fully saturated rings. The summed E-state index contributed by atoms with van der Waals surface area (Å²) in [6.07, 6.45) is 10.2. The van der Waals surface area contributed by atoms with Crippen LogP contribution in [0.5, 0.6) is 0 Å². The first-order chi connectivity index (χ1) is 15.1. The Labute approximate surface area is 184 Å². The highest BCUT2D eigenvalue weighted by atomic mass is 16.3. The van der Waals surface area contributed by atoms with Crippen LogP contribution in [0.4, 0.5) is 5.69 Å². The maximum Gasteiger partial charge on any atom is 0.131 e. The Morgan fingerprint density at radius 1 is 1.19 bits per heavy atom. The maximum absolute atomic E-state index is 11.1. The van der Waals surface area contributed by atoms with Gasteiger partial charge < -0.3 is 5.41 Å². The topological polar surface area (TPSA) is 85.8 Å². The van der Waals surface area contributed by atoms with E-state index in [2.05, 4.69) is 23.2 Å². The highest BCUT2D eigenvalue weighted by molar-refractivity contribution is 5.91. The van der Waals surface area contributed by atoms with Crippen molar-refractivity contribution >= 4 is 18.0 Å². The van der Waals surface area contributed by atoms with E-state index in [0.717, 1.165) is 73.3 Å². The molecule has 2 saturated carbocycles. The summed E-state index contributed by atoms with van der Waals surface area (Å²) in [6, 6.07) is 8.10. The average Bonchev–Trinajstić information content (AvgIpc) is 3.27. The molecule has 0 bridgehead atoms. The molecule has 6 nitrogen and oxygen atoms in total. The molecular formula is C25H31N5O. The first kappa shape index (κ1) is 21.2. The zero-order chi connectivity index (χ0) is 22.0. The van der Waals surface area contributed by atoms with E-state index < -0.39 is 0 Å². The summed E-state index contributed by atoms with van der Waals surface area (Å²) in [5.41, 5.74) is 5.94. The van der Waals surface area contributed by atoms with Crippen molar-refractivity contribution in [2.24, 2.45) is 16.9 Å². The van der Waals surface area contributed by atoms with Gasteiger partial charge in [0.2, 0.25) is 0 Å². The van der Waals surface area contributed by atoms with E-state index in [1.165, 1.54) is 17.4 Å². The lowest BCUT2D eigenvalue weighted by Crippen LogP contribution is -2.52. The Balaban J connectivity index is 1.88. The predicted molar refractivity (Wildman–Crippen MR) is 127 cm³/mol. The number of nitrogens with two attached hydrogens (primary N) is 1. The number of allylic oxidation sites excluding steroid dienone is 3. The second kappa shape index (κ2) is 9.02. The van der Waals surface area contributed by atoms with E-state index in [1.54, 1.807) is 0 Å². The van der Waals surface area contributed by atoms with Crippen molar-refractivity contribution in [2.75, 3.05) is 11.4 Å². The minimum atomic E-state index is 0.0449. The molecule has 0 aromatic heterocycles. The van der Waals surface area contributed by atoms with Crippen molar-refractivity contribution in [3.63, 3.8) is 0 Å². The van der Waals surface area contributed by atoms with E-state index in [9.17, 15) is 4.91 Å². The molecule has 0 spiro atoms. The molecule has 31 heavy (non-hydrogen) atoms. The average molecular weight is 418 g/mol. The summed E-state index contributed by atoms with van der Waals surface area (Å²) in [5.74, 6) is 7.99. The molecule has 162 valence electrons. The number of anilines is 1. The number of hydrazine groups is 1. The quantitative estimate of drug-likeness (QED) is 0.265. The highest BCUT2D eigenvalue weighted by Gasteiger charge is 2.39. The number of nitroso groups, excluding NO2 is 1. The first-order valence-electron chi connectivity index (χ1n) is 11.1. The fourth-order valence-electron chi connectivity index (χ4n) is 5.43. The van der Waals surface area contributed by atoms with Crippen LogP contribution in [0.25, 0.3) is 6.08 Å². The Bertz CT molecular complexity index is 976. The number of benzene rings is 1. The van der Waals surface area contributed by atoms with Crippen LogP contribution in [-0.4, -0.2) is 23.8 Å². The largest absolute Gasteiger partial charge is 0.308 e. The Kier molecular flexibility index (Phi) is 6.18. The number of nitrogens with one attached hydrogen (secondary N) is 1. The normalized spacial score (nSPS) is 23.6. The second-order valence-electron chi connectivity index (χ2n) is 8.57. The second-order valence-corrected chi connectivity index (χ2v) is 8.57. The van der Waals surface area contributed by atoms with Gasteiger partial charge in [0.1, 0.15) is 5.82 Å². The van der Waals surface area contributed by atoms with Crippen LogP contribution < -0.4 is 10.7 Å². The summed E-state index contributed by atoms with van der Waals surface area (Å²) >= 11 is 0. The van der Waals surface area contributed by atoms with Crippen molar-refractivity contribution in [1.82, 2.24) is 5.01 Å². The van der Waals surface area contributed by atoms with Gasteiger partial charge in [0.25, 0.3) is 0 Å². The van der Waals surface area contributed by atoms with E-state index in [-0.39, 0.29) is 12.0 Å². The number of nitrogens with zero attached hydrogens (tertiary/aromatic N) is 3. The van der Waals surface area contributed by atoms with Gasteiger partial charge in [-0.3, -0.25) is 9.91 Å². The minimum Gasteiger partial charge on any atom is -0.308 e. The Hall–Kier alpha value is -2.99. The molecule has 2 aliphatic carbocycles. The summed E-state index contributed by atoms with van der Waals surface area (Å²) in [7, 11) is 0. The number of rotatable bonds is 7. The van der Waals surface area contributed by atoms with Gasteiger partial charge in [-0.2, -0.15) is 4.91 Å². The van der Waals surface area contributed by atoms with Gasteiger partial charge in [-0.25, -0.2) is 5.84 Å². The van der Waals surface area contributed by atoms with Gasteiger partial charge in [0.15, 0.2) is 0 Å². The molecular weight excluding hydrogens is 386 g/mol. The Morgan fingerprint density at radius 3 is 2.68 bits per heavy atom. The summed E-state index contributed by atoms with van der Waals surface area (Å²) in [5, 5.41) is 13.2. The minimum absolute atomic E-state index is 0.0449. The number of hydrogen-bond donors (Lipinski definition) is 2. The zero-order valence-electron chi connectivity index (χ0n) is 18.0. The van der Waals surface area contributed by atoms with Gasteiger partial charge in [0, 0.05) is 23.4 Å². The van der Waals surface area contributed by atoms with Gasteiger partial charge in [-0.1, -0.05) is 55.5 Å². The molecule has 3 N–H and O–H groups in total. The fourth-order valence-corrected chi connectivity index (χ4v) is 5.43. The molecule has 4 rings (SSSR count). The lowest BCUT2D eigenvalue weighted by molar-refractivity contribution is 0.138.